The largest absolute Gasteiger partial charge is 0.344 e. The molecule has 2 N–H and O–H groups in total. The van der Waals surface area contributed by atoms with Crippen molar-refractivity contribution >= 4 is 17.2 Å². The molecule has 0 bridgehead atoms. The van der Waals surface area contributed by atoms with E-state index in [0.29, 0.717) is 5.69 Å². The van der Waals surface area contributed by atoms with Crippen molar-refractivity contribution in [2.24, 2.45) is 0 Å². The summed E-state index contributed by atoms with van der Waals surface area (Å²) in [5.41, 5.74) is 2.15. The number of nitrogens with one attached hydrogen (secondary N) is 2. The smallest absolute Gasteiger partial charge is 0.271 e. The van der Waals surface area contributed by atoms with E-state index in [-0.39, 0.29) is 11.4 Å². The van der Waals surface area contributed by atoms with E-state index in [1.807, 2.05) is 46.6 Å². The van der Waals surface area contributed by atoms with Crippen LogP contribution in [0.3, 0.4) is 0 Å². The van der Waals surface area contributed by atoms with E-state index in [2.05, 4.69) is 27.6 Å². The maximum atomic E-state index is 12.6. The minimum atomic E-state index is -0.211. The van der Waals surface area contributed by atoms with Gasteiger partial charge in [0.1, 0.15) is 10.7 Å². The Kier molecular flexibility index (Phi) is 4.57. The number of benzene rings is 1. The van der Waals surface area contributed by atoms with Crippen molar-refractivity contribution in [3.8, 4) is 16.3 Å². The summed E-state index contributed by atoms with van der Waals surface area (Å²) in [5.74, 6) is -0.117. The maximum Gasteiger partial charge on any atom is 0.271 e. The van der Waals surface area contributed by atoms with Crippen molar-refractivity contribution in [3.63, 3.8) is 0 Å². The van der Waals surface area contributed by atoms with E-state index in [1.54, 1.807) is 6.20 Å². The van der Waals surface area contributed by atoms with Crippen LogP contribution in [0.5, 0.6) is 0 Å². The van der Waals surface area contributed by atoms with Gasteiger partial charge < -0.3 is 10.6 Å². The molecule has 1 aromatic carbocycles. The van der Waals surface area contributed by atoms with Gasteiger partial charge in [0.05, 0.1) is 17.4 Å². The Hall–Kier alpha value is -2.51. The molecule has 1 atom stereocenters. The molecule has 7 heteroatoms. The third-order valence-electron chi connectivity index (χ3n) is 4.60. The molecule has 1 saturated heterocycles. The van der Waals surface area contributed by atoms with E-state index >= 15 is 0 Å². The Morgan fingerprint density at radius 1 is 1.35 bits per heavy atom. The van der Waals surface area contributed by atoms with E-state index in [1.165, 1.54) is 11.3 Å². The van der Waals surface area contributed by atoms with E-state index in [4.69, 9.17) is 0 Å². The van der Waals surface area contributed by atoms with Gasteiger partial charge >= 0.3 is 0 Å². The van der Waals surface area contributed by atoms with E-state index in [0.717, 1.165) is 42.2 Å². The molecule has 2 aromatic heterocycles. The topological polar surface area (TPSA) is 71.8 Å². The molecule has 0 saturated carbocycles. The van der Waals surface area contributed by atoms with Crippen LogP contribution in [0.1, 0.15) is 30.3 Å². The first-order valence-corrected chi connectivity index (χ1v) is 9.60. The highest BCUT2D eigenvalue weighted by Crippen LogP contribution is 2.25. The van der Waals surface area contributed by atoms with Gasteiger partial charge in [0.25, 0.3) is 5.91 Å². The average molecular weight is 367 g/mol. The molecule has 1 fully saturated rings. The predicted molar refractivity (Wildman–Crippen MR) is 103 cm³/mol. The quantitative estimate of drug-likeness (QED) is 0.744. The molecule has 3 aromatic rings. The fourth-order valence-corrected chi connectivity index (χ4v) is 3.94. The molecule has 3 heterocycles. The van der Waals surface area contributed by atoms with E-state index < -0.39 is 0 Å². The first kappa shape index (κ1) is 16.9. The molecule has 6 nitrogen and oxygen atoms in total. The van der Waals surface area contributed by atoms with Crippen molar-refractivity contribution in [1.82, 2.24) is 25.4 Å². The van der Waals surface area contributed by atoms with Crippen molar-refractivity contribution in [2.45, 2.75) is 25.3 Å². The monoisotopic (exact) mass is 367 g/mol. The number of hydrogen-bond donors (Lipinski definition) is 2. The summed E-state index contributed by atoms with van der Waals surface area (Å²) in [7, 11) is 0. The third-order valence-corrected chi connectivity index (χ3v) is 5.49. The highest BCUT2D eigenvalue weighted by molar-refractivity contribution is 7.13. The summed E-state index contributed by atoms with van der Waals surface area (Å²) >= 11 is 1.46. The van der Waals surface area contributed by atoms with Gasteiger partial charge in [-0.05, 0) is 38.4 Å². The third kappa shape index (κ3) is 3.54. The first-order chi connectivity index (χ1) is 12.6. The molecule has 1 unspecified atom stereocenters. The molecule has 1 aliphatic rings. The fraction of sp³-hybridized carbons (Fsp3) is 0.316. The summed E-state index contributed by atoms with van der Waals surface area (Å²) in [5, 5.41) is 13.5. The summed E-state index contributed by atoms with van der Waals surface area (Å²) < 4.78 is 1.81. The predicted octanol–water partition coefficient (Wildman–Crippen LogP) is 2.87. The van der Waals surface area contributed by atoms with Crippen LogP contribution in [0, 0.1) is 0 Å². The van der Waals surface area contributed by atoms with Gasteiger partial charge in [-0.2, -0.15) is 5.10 Å². The molecule has 1 aliphatic heterocycles. The summed E-state index contributed by atoms with van der Waals surface area (Å²) in [6.45, 7) is 3.88. The van der Waals surface area contributed by atoms with E-state index in [9.17, 15) is 4.79 Å². The number of thiazole rings is 1. The van der Waals surface area contributed by atoms with Gasteiger partial charge in [0.15, 0.2) is 0 Å². The Labute approximate surface area is 156 Å². The molecule has 4 rings (SSSR count). The number of carbonyl (C=O) groups excluding carboxylic acids is 1. The average Bonchev–Trinajstić information content (AvgIpc) is 3.32. The lowest BCUT2D eigenvalue weighted by molar-refractivity contribution is 0.0886. The molecule has 26 heavy (non-hydrogen) atoms. The summed E-state index contributed by atoms with van der Waals surface area (Å²) in [6.07, 6.45) is 5.76. The zero-order chi connectivity index (χ0) is 18.0. The summed E-state index contributed by atoms with van der Waals surface area (Å²) in [6, 6.07) is 9.92. The van der Waals surface area contributed by atoms with Crippen LogP contribution >= 0.6 is 11.3 Å². The van der Waals surface area contributed by atoms with Gasteiger partial charge in [-0.15, -0.1) is 11.3 Å². The minimum Gasteiger partial charge on any atom is -0.344 e. The zero-order valence-electron chi connectivity index (χ0n) is 14.6. The molecule has 1 amide bonds. The Morgan fingerprint density at radius 3 is 2.96 bits per heavy atom. The highest BCUT2D eigenvalue weighted by Gasteiger charge is 2.29. The molecular formula is C19H21N5OS. The second-order valence-electron chi connectivity index (χ2n) is 6.84. The number of rotatable bonds is 4. The zero-order valence-corrected chi connectivity index (χ0v) is 15.4. The van der Waals surface area contributed by atoms with Crippen LogP contribution in [-0.2, 0) is 0 Å². The normalized spacial score (nSPS) is 20.0. The van der Waals surface area contributed by atoms with Crippen molar-refractivity contribution in [2.75, 3.05) is 13.1 Å². The first-order valence-electron chi connectivity index (χ1n) is 8.72. The molecule has 0 spiro atoms. The van der Waals surface area contributed by atoms with Gasteiger partial charge in [0, 0.05) is 23.7 Å². The van der Waals surface area contributed by atoms with Crippen molar-refractivity contribution in [3.05, 3.63) is 53.8 Å². The second-order valence-corrected chi connectivity index (χ2v) is 7.70. The number of piperidine rings is 1. The van der Waals surface area contributed by atoms with Crippen LogP contribution in [0.25, 0.3) is 16.3 Å². The van der Waals surface area contributed by atoms with Crippen molar-refractivity contribution in [1.29, 1.82) is 0 Å². The van der Waals surface area contributed by atoms with Gasteiger partial charge in [-0.25, -0.2) is 9.67 Å². The minimum absolute atomic E-state index is 0.117. The molecule has 0 radical (unpaired) electrons. The molecule has 134 valence electrons. The Bertz CT molecular complexity index is 896. The summed E-state index contributed by atoms with van der Waals surface area (Å²) in [4.78, 5) is 17.1. The molecule has 0 aliphatic carbocycles. The second kappa shape index (κ2) is 7.01. The van der Waals surface area contributed by atoms with Crippen molar-refractivity contribution < 1.29 is 4.79 Å². The van der Waals surface area contributed by atoms with Gasteiger partial charge in [-0.1, -0.05) is 18.2 Å². The molecular weight excluding hydrogens is 346 g/mol. The lowest BCUT2D eigenvalue weighted by Gasteiger charge is -2.34. The van der Waals surface area contributed by atoms with Crippen LogP contribution < -0.4 is 10.6 Å². The van der Waals surface area contributed by atoms with Crippen LogP contribution in [0.4, 0.5) is 0 Å². The Balaban J connectivity index is 1.49. The number of nitrogens with zero attached hydrogens (tertiary/aromatic N) is 3. The van der Waals surface area contributed by atoms with Crippen LogP contribution in [0.2, 0.25) is 0 Å². The fourth-order valence-electron chi connectivity index (χ4n) is 3.17. The lowest BCUT2D eigenvalue weighted by atomic mass is 9.92. The number of hydrogen-bond acceptors (Lipinski definition) is 5. The standard InChI is InChI=1S/C19H21N5OS/c1-19(8-5-9-20-13-19)23-17(25)16-12-26-18(22-16)14-10-21-24(11-14)15-6-3-2-4-7-15/h2-4,6-7,10-12,20H,5,8-9,13H2,1H3,(H,23,25). The van der Waals surface area contributed by atoms with Crippen LogP contribution in [0.15, 0.2) is 48.1 Å². The van der Waals surface area contributed by atoms with Crippen LogP contribution in [-0.4, -0.2) is 39.3 Å². The SMILES string of the molecule is CC1(NC(=O)c2csc(-c3cnn(-c4ccccc4)c3)n2)CCCNC1. The number of amides is 1. The number of aromatic nitrogens is 3. The lowest BCUT2D eigenvalue weighted by Crippen LogP contribution is -2.55. The Morgan fingerprint density at radius 2 is 2.19 bits per heavy atom. The number of carbonyl (C=O) groups is 1. The number of para-hydroxylation sites is 1. The van der Waals surface area contributed by atoms with Gasteiger partial charge in [0.2, 0.25) is 0 Å². The maximum absolute atomic E-state index is 12.6. The highest BCUT2D eigenvalue weighted by atomic mass is 32.1. The van der Waals surface area contributed by atoms with Gasteiger partial charge in [-0.3, -0.25) is 4.79 Å².